The van der Waals surface area contributed by atoms with E-state index in [2.05, 4.69) is 5.32 Å². The molecule has 0 atom stereocenters. The number of benzene rings is 2. The van der Waals surface area contributed by atoms with Gasteiger partial charge in [-0.2, -0.15) is 0 Å². The first-order valence-electron chi connectivity index (χ1n) is 8.21. The highest BCUT2D eigenvalue weighted by atomic mass is 16.5. The third kappa shape index (κ3) is 3.34. The molecule has 0 spiro atoms. The van der Waals surface area contributed by atoms with E-state index in [1.165, 1.54) is 12.0 Å². The number of amides is 1. The van der Waals surface area contributed by atoms with Crippen LogP contribution in [-0.2, 0) is 14.3 Å². The minimum absolute atomic E-state index is 0.00164. The lowest BCUT2D eigenvalue weighted by atomic mass is 10.0. The highest BCUT2D eigenvalue weighted by molar-refractivity contribution is 6.12. The number of rotatable bonds is 6. The van der Waals surface area contributed by atoms with Crippen molar-refractivity contribution >= 4 is 34.3 Å². The maximum absolute atomic E-state index is 12.6. The van der Waals surface area contributed by atoms with E-state index in [0.717, 1.165) is 5.39 Å². The van der Waals surface area contributed by atoms with Crippen molar-refractivity contribution in [1.82, 2.24) is 4.90 Å². The van der Waals surface area contributed by atoms with Crippen LogP contribution in [0.2, 0.25) is 0 Å². The summed E-state index contributed by atoms with van der Waals surface area (Å²) < 4.78 is 4.73. The number of hydrogen-bond donors (Lipinski definition) is 3. The molecule has 140 valence electrons. The molecule has 0 unspecified atom stereocenters. The van der Waals surface area contributed by atoms with Gasteiger partial charge >= 0.3 is 11.9 Å². The van der Waals surface area contributed by atoms with Crippen LogP contribution in [0.4, 0.5) is 5.69 Å². The van der Waals surface area contributed by atoms with E-state index < -0.39 is 17.8 Å². The molecule has 0 saturated heterocycles. The Morgan fingerprint density at radius 2 is 1.96 bits per heavy atom. The molecule has 0 aliphatic carbocycles. The SMILES string of the molecule is COC(=O)C1=C(Nc2ccc3ccccc3c2C(=O)O)C(=O)N(CCO)C1. The molecule has 0 fully saturated rings. The van der Waals surface area contributed by atoms with E-state index in [1.54, 1.807) is 36.4 Å². The molecule has 27 heavy (non-hydrogen) atoms. The van der Waals surface area contributed by atoms with Crippen molar-refractivity contribution in [2.45, 2.75) is 0 Å². The molecule has 8 nitrogen and oxygen atoms in total. The second-order valence-electron chi connectivity index (χ2n) is 5.93. The summed E-state index contributed by atoms with van der Waals surface area (Å²) in [5.41, 5.74) is 0.226. The van der Waals surface area contributed by atoms with Crippen LogP contribution in [0.1, 0.15) is 10.4 Å². The smallest absolute Gasteiger partial charge is 0.338 e. The second-order valence-corrected chi connectivity index (χ2v) is 5.93. The number of nitrogens with zero attached hydrogens (tertiary/aromatic N) is 1. The Hall–Kier alpha value is -3.39. The number of hydrogen-bond acceptors (Lipinski definition) is 6. The first-order chi connectivity index (χ1) is 13.0. The number of methoxy groups -OCH3 is 1. The van der Waals surface area contributed by atoms with Crippen LogP contribution in [0.15, 0.2) is 47.7 Å². The number of fused-ring (bicyclic) bond motifs is 1. The number of aliphatic hydroxyl groups is 1. The summed E-state index contributed by atoms with van der Waals surface area (Å²) in [4.78, 5) is 37.8. The van der Waals surface area contributed by atoms with Crippen LogP contribution in [0.5, 0.6) is 0 Å². The summed E-state index contributed by atoms with van der Waals surface area (Å²) in [6.45, 7) is -0.234. The molecular formula is C19H18N2O6. The Balaban J connectivity index is 2.09. The Bertz CT molecular complexity index is 966. The van der Waals surface area contributed by atoms with Crippen LogP contribution < -0.4 is 5.32 Å². The molecule has 1 aliphatic heterocycles. The maximum Gasteiger partial charge on any atom is 0.338 e. The summed E-state index contributed by atoms with van der Waals surface area (Å²) in [7, 11) is 1.20. The summed E-state index contributed by atoms with van der Waals surface area (Å²) >= 11 is 0. The molecule has 0 saturated carbocycles. The van der Waals surface area contributed by atoms with Crippen molar-refractivity contribution in [2.24, 2.45) is 0 Å². The van der Waals surface area contributed by atoms with E-state index in [4.69, 9.17) is 9.84 Å². The van der Waals surface area contributed by atoms with Crippen molar-refractivity contribution in [2.75, 3.05) is 32.1 Å². The highest BCUT2D eigenvalue weighted by Gasteiger charge is 2.35. The molecule has 0 bridgehead atoms. The number of carbonyl (C=O) groups is 3. The number of carbonyl (C=O) groups excluding carboxylic acids is 2. The zero-order valence-corrected chi connectivity index (χ0v) is 14.6. The summed E-state index contributed by atoms with van der Waals surface area (Å²) in [5, 5.41) is 22.9. The van der Waals surface area contributed by atoms with E-state index in [-0.39, 0.29) is 42.2 Å². The van der Waals surface area contributed by atoms with Gasteiger partial charge in [0.15, 0.2) is 0 Å². The maximum atomic E-state index is 12.6. The number of aromatic carboxylic acids is 1. The molecule has 3 rings (SSSR count). The summed E-state index contributed by atoms with van der Waals surface area (Å²) in [5.74, 6) is -2.36. The molecule has 1 amide bonds. The minimum atomic E-state index is -1.16. The number of esters is 1. The van der Waals surface area contributed by atoms with E-state index in [1.807, 2.05) is 0 Å². The Labute approximate surface area is 154 Å². The number of nitrogens with one attached hydrogen (secondary N) is 1. The molecule has 2 aromatic carbocycles. The molecule has 1 aliphatic rings. The summed E-state index contributed by atoms with van der Waals surface area (Å²) in [6, 6.07) is 10.3. The van der Waals surface area contributed by atoms with Crippen molar-refractivity contribution < 1.29 is 29.3 Å². The van der Waals surface area contributed by atoms with Crippen LogP contribution in [0, 0.1) is 0 Å². The van der Waals surface area contributed by atoms with Crippen molar-refractivity contribution in [3.8, 4) is 0 Å². The monoisotopic (exact) mass is 370 g/mol. The van der Waals surface area contributed by atoms with Crippen LogP contribution in [0.3, 0.4) is 0 Å². The third-order valence-electron chi connectivity index (χ3n) is 4.36. The largest absolute Gasteiger partial charge is 0.478 e. The fraction of sp³-hybridized carbons (Fsp3) is 0.211. The van der Waals surface area contributed by atoms with E-state index in [0.29, 0.717) is 5.39 Å². The lowest BCUT2D eigenvalue weighted by molar-refractivity contribution is -0.136. The number of β-amino-alcohol motifs (C(OH)–C–C–N with tert-alkyl or cyclic N) is 1. The molecule has 1 heterocycles. The van der Waals surface area contributed by atoms with Crippen LogP contribution in [-0.4, -0.2) is 59.8 Å². The van der Waals surface area contributed by atoms with Gasteiger partial charge in [-0.1, -0.05) is 30.3 Å². The van der Waals surface area contributed by atoms with Crippen LogP contribution >= 0.6 is 0 Å². The zero-order chi connectivity index (χ0) is 19.6. The lowest BCUT2D eigenvalue weighted by Crippen LogP contribution is -2.31. The van der Waals surface area contributed by atoms with Gasteiger partial charge in [-0.05, 0) is 16.8 Å². The van der Waals surface area contributed by atoms with Gasteiger partial charge < -0.3 is 25.2 Å². The number of anilines is 1. The fourth-order valence-corrected chi connectivity index (χ4v) is 3.09. The topological polar surface area (TPSA) is 116 Å². The third-order valence-corrected chi connectivity index (χ3v) is 4.36. The van der Waals surface area contributed by atoms with Gasteiger partial charge in [0.1, 0.15) is 5.70 Å². The number of carboxylic acid groups (broad SMARTS) is 1. The fourth-order valence-electron chi connectivity index (χ4n) is 3.09. The first-order valence-corrected chi connectivity index (χ1v) is 8.21. The van der Waals surface area contributed by atoms with Gasteiger partial charge in [0.2, 0.25) is 0 Å². The Kier molecular flexibility index (Phi) is 5.09. The minimum Gasteiger partial charge on any atom is -0.478 e. The molecule has 8 heteroatoms. The average Bonchev–Trinajstić information content (AvgIpc) is 2.97. The summed E-state index contributed by atoms with van der Waals surface area (Å²) in [6.07, 6.45) is 0. The quantitative estimate of drug-likeness (QED) is 0.655. The van der Waals surface area contributed by atoms with Gasteiger partial charge in [-0.25, -0.2) is 9.59 Å². The standard InChI is InChI=1S/C19H18N2O6/c1-27-19(26)13-10-21(8-9-22)17(23)16(13)20-14-7-6-11-4-2-3-5-12(11)15(14)18(24)25/h2-7,20,22H,8-10H2,1H3,(H,24,25). The molecule has 0 radical (unpaired) electrons. The van der Waals surface area contributed by atoms with Crippen molar-refractivity contribution in [3.63, 3.8) is 0 Å². The van der Waals surface area contributed by atoms with Gasteiger partial charge in [-0.3, -0.25) is 4.79 Å². The second kappa shape index (κ2) is 7.46. The van der Waals surface area contributed by atoms with Crippen molar-refractivity contribution in [3.05, 3.63) is 53.2 Å². The van der Waals surface area contributed by atoms with E-state index >= 15 is 0 Å². The predicted octanol–water partition coefficient (Wildman–Crippen LogP) is 1.21. The zero-order valence-electron chi connectivity index (χ0n) is 14.6. The number of carboxylic acids is 1. The Morgan fingerprint density at radius 3 is 2.63 bits per heavy atom. The average molecular weight is 370 g/mol. The number of ether oxygens (including phenoxy) is 1. The molecule has 3 N–H and O–H groups in total. The van der Waals surface area contributed by atoms with Crippen LogP contribution in [0.25, 0.3) is 10.8 Å². The molecular weight excluding hydrogens is 352 g/mol. The van der Waals surface area contributed by atoms with E-state index in [9.17, 15) is 19.5 Å². The number of aliphatic hydroxyl groups excluding tert-OH is 1. The Morgan fingerprint density at radius 1 is 1.22 bits per heavy atom. The molecule has 2 aromatic rings. The van der Waals surface area contributed by atoms with Gasteiger partial charge in [0, 0.05) is 6.54 Å². The highest BCUT2D eigenvalue weighted by Crippen LogP contribution is 2.30. The molecule has 0 aromatic heterocycles. The first kappa shape index (κ1) is 18.4. The van der Waals surface area contributed by atoms with Gasteiger partial charge in [0.25, 0.3) is 5.91 Å². The normalized spacial score (nSPS) is 14.0. The van der Waals surface area contributed by atoms with Gasteiger partial charge in [0.05, 0.1) is 37.1 Å². The lowest BCUT2D eigenvalue weighted by Gasteiger charge is -2.16. The van der Waals surface area contributed by atoms with Gasteiger partial charge in [-0.15, -0.1) is 0 Å². The van der Waals surface area contributed by atoms with Crippen molar-refractivity contribution in [1.29, 1.82) is 0 Å². The predicted molar refractivity (Wildman–Crippen MR) is 97.2 cm³/mol.